The average molecular weight is 304 g/mol. The van der Waals surface area contributed by atoms with Crippen molar-refractivity contribution in [3.63, 3.8) is 0 Å². The smallest absolute Gasteiger partial charge is 0.265 e. The maximum atomic E-state index is 12.2. The molecule has 110 valence electrons. The number of likely N-dealkylation sites (N-methyl/N-ethyl adjacent to an activating group) is 1. The highest BCUT2D eigenvalue weighted by Crippen LogP contribution is 2.23. The summed E-state index contributed by atoms with van der Waals surface area (Å²) in [6.07, 6.45) is 1.52. The van der Waals surface area contributed by atoms with Crippen molar-refractivity contribution in [3.8, 4) is 5.75 Å². The zero-order valence-corrected chi connectivity index (χ0v) is 12.9. The molecule has 0 radical (unpaired) electrons. The summed E-state index contributed by atoms with van der Waals surface area (Å²) in [6.45, 7) is 3.82. The Balaban J connectivity index is 2.41. The molecule has 1 heterocycles. The Kier molecular flexibility index (Phi) is 4.37. The molecule has 2 amide bonds. The molecular weight excluding hydrogens is 288 g/mol. The van der Waals surface area contributed by atoms with Crippen LogP contribution in [0.15, 0.2) is 29.8 Å². The number of ether oxygens (including phenoxy) is 1. The Morgan fingerprint density at radius 2 is 1.95 bits per heavy atom. The standard InChI is InChI=1S/C15H16N2O3S/c1-9(2)20-12-7-5-4-6-10(12)8-11-13(18)16-15(21)17(3)14(11)19/h4-9H,1-3H3,(H,16,18,21)/b11-8+. The molecule has 0 unspecified atom stereocenters. The van der Waals surface area contributed by atoms with E-state index in [9.17, 15) is 9.59 Å². The summed E-state index contributed by atoms with van der Waals surface area (Å²) in [4.78, 5) is 25.3. The Labute approximate surface area is 128 Å². The number of rotatable bonds is 3. The minimum atomic E-state index is -0.498. The van der Waals surface area contributed by atoms with Crippen molar-refractivity contribution in [1.29, 1.82) is 0 Å². The molecule has 2 rings (SSSR count). The first kappa shape index (κ1) is 15.2. The third-order valence-corrected chi connectivity index (χ3v) is 3.26. The highest BCUT2D eigenvalue weighted by Gasteiger charge is 2.30. The summed E-state index contributed by atoms with van der Waals surface area (Å²) in [6, 6.07) is 7.24. The number of nitrogens with zero attached hydrogens (tertiary/aromatic N) is 1. The van der Waals surface area contributed by atoms with Gasteiger partial charge in [-0.1, -0.05) is 18.2 Å². The minimum absolute atomic E-state index is 0.00400. The van der Waals surface area contributed by atoms with Gasteiger partial charge in [-0.3, -0.25) is 19.8 Å². The first-order valence-electron chi connectivity index (χ1n) is 6.51. The first-order chi connectivity index (χ1) is 9.90. The van der Waals surface area contributed by atoms with E-state index in [-0.39, 0.29) is 16.8 Å². The van der Waals surface area contributed by atoms with Crippen molar-refractivity contribution >= 4 is 35.2 Å². The van der Waals surface area contributed by atoms with Gasteiger partial charge in [-0.2, -0.15) is 0 Å². The second-order valence-electron chi connectivity index (χ2n) is 4.89. The van der Waals surface area contributed by atoms with E-state index in [0.29, 0.717) is 11.3 Å². The highest BCUT2D eigenvalue weighted by molar-refractivity contribution is 7.80. The van der Waals surface area contributed by atoms with Gasteiger partial charge < -0.3 is 4.74 Å². The largest absolute Gasteiger partial charge is 0.490 e. The van der Waals surface area contributed by atoms with Crippen LogP contribution in [-0.2, 0) is 9.59 Å². The van der Waals surface area contributed by atoms with E-state index in [2.05, 4.69) is 5.32 Å². The van der Waals surface area contributed by atoms with Gasteiger partial charge in [-0.05, 0) is 38.2 Å². The molecule has 0 spiro atoms. The van der Waals surface area contributed by atoms with E-state index in [4.69, 9.17) is 17.0 Å². The molecule has 21 heavy (non-hydrogen) atoms. The topological polar surface area (TPSA) is 58.6 Å². The second-order valence-corrected chi connectivity index (χ2v) is 5.27. The average Bonchev–Trinajstić information content (AvgIpc) is 2.42. The van der Waals surface area contributed by atoms with Crippen LogP contribution < -0.4 is 10.1 Å². The first-order valence-corrected chi connectivity index (χ1v) is 6.91. The molecule has 0 aliphatic carbocycles. The molecule has 1 N–H and O–H groups in total. The number of benzene rings is 1. The Bertz CT molecular complexity index is 638. The van der Waals surface area contributed by atoms with Crippen molar-refractivity contribution in [2.45, 2.75) is 20.0 Å². The van der Waals surface area contributed by atoms with E-state index >= 15 is 0 Å². The number of hydrogen-bond donors (Lipinski definition) is 1. The van der Waals surface area contributed by atoms with Crippen LogP contribution >= 0.6 is 12.2 Å². The summed E-state index contributed by atoms with van der Waals surface area (Å²) in [5.41, 5.74) is 0.705. The zero-order chi connectivity index (χ0) is 15.6. The SMILES string of the molecule is CC(C)Oc1ccccc1/C=C1\C(=O)NC(=S)N(C)C1=O. The lowest BCUT2D eigenvalue weighted by molar-refractivity contribution is -0.128. The molecule has 1 fully saturated rings. The Morgan fingerprint density at radius 1 is 1.29 bits per heavy atom. The van der Waals surface area contributed by atoms with Crippen molar-refractivity contribution in [2.75, 3.05) is 7.05 Å². The Hall–Kier alpha value is -2.21. The lowest BCUT2D eigenvalue weighted by atomic mass is 10.1. The van der Waals surface area contributed by atoms with Crippen molar-refractivity contribution < 1.29 is 14.3 Å². The van der Waals surface area contributed by atoms with Crippen LogP contribution in [0, 0.1) is 0 Å². The minimum Gasteiger partial charge on any atom is -0.490 e. The van der Waals surface area contributed by atoms with Gasteiger partial charge in [0, 0.05) is 12.6 Å². The fraction of sp³-hybridized carbons (Fsp3) is 0.267. The second kappa shape index (κ2) is 6.05. The molecule has 0 aromatic heterocycles. The van der Waals surface area contributed by atoms with Gasteiger partial charge in [0.1, 0.15) is 11.3 Å². The molecule has 0 saturated carbocycles. The summed E-state index contributed by atoms with van der Waals surface area (Å²) in [7, 11) is 1.52. The number of hydrogen-bond acceptors (Lipinski definition) is 4. The van der Waals surface area contributed by atoms with Gasteiger partial charge in [0.15, 0.2) is 5.11 Å². The number of thiocarbonyl (C=S) groups is 1. The molecule has 1 aromatic rings. The number of carbonyl (C=O) groups excluding carboxylic acids is 2. The fourth-order valence-electron chi connectivity index (χ4n) is 1.86. The molecule has 0 bridgehead atoms. The number of amides is 2. The zero-order valence-electron chi connectivity index (χ0n) is 12.0. The summed E-state index contributed by atoms with van der Waals surface area (Å²) in [5, 5.41) is 2.58. The molecule has 1 aromatic carbocycles. The number of carbonyl (C=O) groups is 2. The lowest BCUT2D eigenvalue weighted by Gasteiger charge is -2.25. The summed E-state index contributed by atoms with van der Waals surface area (Å²) < 4.78 is 5.68. The van der Waals surface area contributed by atoms with E-state index in [1.807, 2.05) is 26.0 Å². The van der Waals surface area contributed by atoms with Crippen LogP contribution in [-0.4, -0.2) is 35.0 Å². The van der Waals surface area contributed by atoms with Crippen molar-refractivity contribution in [1.82, 2.24) is 10.2 Å². The molecular formula is C15H16N2O3S. The highest BCUT2D eigenvalue weighted by atomic mass is 32.1. The van der Waals surface area contributed by atoms with E-state index < -0.39 is 11.8 Å². The van der Waals surface area contributed by atoms with Crippen LogP contribution in [0.3, 0.4) is 0 Å². The van der Waals surface area contributed by atoms with Gasteiger partial charge in [0.05, 0.1) is 6.10 Å². The van der Waals surface area contributed by atoms with Gasteiger partial charge >= 0.3 is 0 Å². The van der Waals surface area contributed by atoms with Crippen molar-refractivity contribution in [3.05, 3.63) is 35.4 Å². The van der Waals surface area contributed by atoms with E-state index in [0.717, 1.165) is 0 Å². The van der Waals surface area contributed by atoms with Crippen molar-refractivity contribution in [2.24, 2.45) is 0 Å². The van der Waals surface area contributed by atoms with Gasteiger partial charge in [0.25, 0.3) is 11.8 Å². The lowest BCUT2D eigenvalue weighted by Crippen LogP contribution is -2.52. The molecule has 1 aliphatic rings. The third kappa shape index (κ3) is 3.28. The van der Waals surface area contributed by atoms with Gasteiger partial charge in [-0.25, -0.2) is 0 Å². The molecule has 1 saturated heterocycles. The van der Waals surface area contributed by atoms with Crippen LogP contribution in [0.25, 0.3) is 6.08 Å². The normalized spacial score (nSPS) is 17.4. The predicted molar refractivity (Wildman–Crippen MR) is 83.7 cm³/mol. The molecule has 5 nitrogen and oxygen atoms in total. The number of nitrogens with one attached hydrogen (secondary N) is 1. The fourth-order valence-corrected chi connectivity index (χ4v) is 2.04. The van der Waals surface area contributed by atoms with Crippen LogP contribution in [0.4, 0.5) is 0 Å². The van der Waals surface area contributed by atoms with E-state index in [1.165, 1.54) is 18.0 Å². The Morgan fingerprint density at radius 3 is 2.62 bits per heavy atom. The molecule has 0 atom stereocenters. The summed E-state index contributed by atoms with van der Waals surface area (Å²) >= 11 is 4.90. The van der Waals surface area contributed by atoms with Crippen LogP contribution in [0.5, 0.6) is 5.75 Å². The molecule has 1 aliphatic heterocycles. The van der Waals surface area contributed by atoms with Gasteiger partial charge in [0.2, 0.25) is 0 Å². The maximum absolute atomic E-state index is 12.2. The van der Waals surface area contributed by atoms with Gasteiger partial charge in [-0.15, -0.1) is 0 Å². The quantitative estimate of drug-likeness (QED) is 0.525. The van der Waals surface area contributed by atoms with Crippen LogP contribution in [0.2, 0.25) is 0 Å². The van der Waals surface area contributed by atoms with E-state index in [1.54, 1.807) is 12.1 Å². The summed E-state index contributed by atoms with van der Waals surface area (Å²) in [5.74, 6) is -0.304. The molecule has 6 heteroatoms. The predicted octanol–water partition coefficient (Wildman–Crippen LogP) is 1.73. The monoisotopic (exact) mass is 304 g/mol. The van der Waals surface area contributed by atoms with Crippen LogP contribution in [0.1, 0.15) is 19.4 Å². The maximum Gasteiger partial charge on any atom is 0.265 e. The third-order valence-electron chi connectivity index (χ3n) is 2.89. The number of para-hydroxylation sites is 1.